The molecule has 0 aromatic heterocycles. The van der Waals surface area contributed by atoms with Crippen molar-refractivity contribution in [2.75, 3.05) is 25.2 Å². The standard InChI is InChI=1S/C35H37NO5S/c1-4-42-18-17-40-35(38)32-23(2)36-28-19-27(25-13-9-6-10-14-25)20-29(37)34(28)33(32)26-15-16-30(31(21-26)39-3)41-22-24-11-7-5-8-12-24/h5-16,21,27,33,36H,4,17-20,22H2,1-3H3/t27-,33-/m1/s1. The molecule has 0 saturated carbocycles. The van der Waals surface area contributed by atoms with Crippen molar-refractivity contribution in [1.29, 1.82) is 0 Å². The molecule has 218 valence electrons. The first-order chi connectivity index (χ1) is 20.5. The Kier molecular flexibility index (Phi) is 9.70. The minimum absolute atomic E-state index is 0.0327. The third-order valence-electron chi connectivity index (χ3n) is 7.74. The normalized spacial score (nSPS) is 18.3. The highest BCUT2D eigenvalue weighted by atomic mass is 32.2. The zero-order chi connectivity index (χ0) is 29.5. The number of benzene rings is 3. The second-order valence-corrected chi connectivity index (χ2v) is 11.8. The first kappa shape index (κ1) is 29.5. The van der Waals surface area contributed by atoms with E-state index in [9.17, 15) is 9.59 Å². The number of esters is 1. The highest BCUT2D eigenvalue weighted by Crippen LogP contribution is 2.47. The van der Waals surface area contributed by atoms with E-state index in [1.807, 2.05) is 73.7 Å². The van der Waals surface area contributed by atoms with Crippen LogP contribution >= 0.6 is 11.8 Å². The summed E-state index contributed by atoms with van der Waals surface area (Å²) in [5, 5.41) is 3.44. The van der Waals surface area contributed by atoms with Crippen LogP contribution in [-0.4, -0.2) is 37.0 Å². The van der Waals surface area contributed by atoms with Crippen LogP contribution in [0.3, 0.4) is 0 Å². The molecule has 0 unspecified atom stereocenters. The van der Waals surface area contributed by atoms with Crippen molar-refractivity contribution < 1.29 is 23.8 Å². The summed E-state index contributed by atoms with van der Waals surface area (Å²) in [6.07, 6.45) is 1.06. The van der Waals surface area contributed by atoms with Crippen molar-refractivity contribution in [1.82, 2.24) is 5.32 Å². The number of carbonyl (C=O) groups excluding carboxylic acids is 2. The summed E-state index contributed by atoms with van der Waals surface area (Å²) in [5.41, 5.74) is 5.62. The van der Waals surface area contributed by atoms with Gasteiger partial charge in [0, 0.05) is 35.1 Å². The fourth-order valence-electron chi connectivity index (χ4n) is 5.74. The fourth-order valence-corrected chi connectivity index (χ4v) is 6.23. The van der Waals surface area contributed by atoms with Gasteiger partial charge in [-0.2, -0.15) is 11.8 Å². The average Bonchev–Trinajstić information content (AvgIpc) is 3.02. The largest absolute Gasteiger partial charge is 0.493 e. The minimum Gasteiger partial charge on any atom is -0.493 e. The Labute approximate surface area is 252 Å². The number of carbonyl (C=O) groups is 2. The molecule has 1 N–H and O–H groups in total. The van der Waals surface area contributed by atoms with Crippen LogP contribution in [0.1, 0.15) is 55.2 Å². The van der Waals surface area contributed by atoms with Crippen molar-refractivity contribution in [3.05, 3.63) is 118 Å². The lowest BCUT2D eigenvalue weighted by Gasteiger charge is -2.37. The summed E-state index contributed by atoms with van der Waals surface area (Å²) >= 11 is 1.72. The number of nitrogens with one attached hydrogen (secondary N) is 1. The number of hydrogen-bond acceptors (Lipinski definition) is 7. The predicted octanol–water partition coefficient (Wildman–Crippen LogP) is 6.93. The van der Waals surface area contributed by atoms with E-state index in [0.29, 0.717) is 54.4 Å². The first-order valence-corrected chi connectivity index (χ1v) is 15.5. The van der Waals surface area contributed by atoms with Gasteiger partial charge in [0.2, 0.25) is 0 Å². The van der Waals surface area contributed by atoms with Crippen LogP contribution in [0.15, 0.2) is 101 Å². The molecule has 0 saturated heterocycles. The molecule has 0 fully saturated rings. The summed E-state index contributed by atoms with van der Waals surface area (Å²) in [6.45, 7) is 4.67. The number of dihydropyridines is 1. The molecular weight excluding hydrogens is 546 g/mol. The van der Waals surface area contributed by atoms with Crippen LogP contribution in [-0.2, 0) is 20.9 Å². The van der Waals surface area contributed by atoms with Crippen molar-refractivity contribution >= 4 is 23.5 Å². The lowest BCUT2D eigenvalue weighted by atomic mass is 9.71. The number of thioether (sulfide) groups is 1. The van der Waals surface area contributed by atoms with E-state index in [-0.39, 0.29) is 11.7 Å². The van der Waals surface area contributed by atoms with Gasteiger partial charge in [0.25, 0.3) is 0 Å². The van der Waals surface area contributed by atoms with E-state index in [4.69, 9.17) is 14.2 Å². The highest BCUT2D eigenvalue weighted by molar-refractivity contribution is 7.99. The Balaban J connectivity index is 1.50. The van der Waals surface area contributed by atoms with Gasteiger partial charge in [-0.1, -0.05) is 73.7 Å². The van der Waals surface area contributed by atoms with Crippen molar-refractivity contribution in [2.24, 2.45) is 0 Å². The maximum Gasteiger partial charge on any atom is 0.336 e. The van der Waals surface area contributed by atoms with Crippen molar-refractivity contribution in [3.63, 3.8) is 0 Å². The molecule has 1 aliphatic carbocycles. The van der Waals surface area contributed by atoms with Gasteiger partial charge in [-0.3, -0.25) is 4.79 Å². The number of allylic oxidation sites excluding steroid dienone is 3. The number of rotatable bonds is 11. The number of Topliss-reactive ketones (excluding diaryl/α,β-unsaturated/α-hetero) is 1. The van der Waals surface area contributed by atoms with Gasteiger partial charge in [-0.15, -0.1) is 0 Å². The number of ketones is 1. The molecule has 3 aromatic carbocycles. The Bertz CT molecular complexity index is 1480. The van der Waals surface area contributed by atoms with Crippen molar-refractivity contribution in [3.8, 4) is 11.5 Å². The molecule has 2 atom stereocenters. The molecule has 42 heavy (non-hydrogen) atoms. The smallest absolute Gasteiger partial charge is 0.336 e. The van der Waals surface area contributed by atoms with Crippen LogP contribution in [0.5, 0.6) is 11.5 Å². The topological polar surface area (TPSA) is 73.9 Å². The quantitative estimate of drug-likeness (QED) is 0.194. The Hall–Kier alpha value is -3.97. The Morgan fingerprint density at radius 3 is 2.40 bits per heavy atom. The van der Waals surface area contributed by atoms with Gasteiger partial charge >= 0.3 is 5.97 Å². The van der Waals surface area contributed by atoms with Crippen LogP contribution in [0.4, 0.5) is 0 Å². The third kappa shape index (κ3) is 6.57. The van der Waals surface area contributed by atoms with Gasteiger partial charge < -0.3 is 19.5 Å². The molecule has 1 aliphatic heterocycles. The first-order valence-electron chi connectivity index (χ1n) is 14.4. The van der Waals surface area contributed by atoms with Crippen LogP contribution in [0.25, 0.3) is 0 Å². The fraction of sp³-hybridized carbons (Fsp3) is 0.314. The second-order valence-electron chi connectivity index (χ2n) is 10.4. The summed E-state index contributed by atoms with van der Waals surface area (Å²) in [4.78, 5) is 27.5. The predicted molar refractivity (Wildman–Crippen MR) is 167 cm³/mol. The van der Waals surface area contributed by atoms with E-state index < -0.39 is 11.9 Å². The van der Waals surface area contributed by atoms with Gasteiger partial charge in [0.15, 0.2) is 17.3 Å². The molecular formula is C35H37NO5S. The van der Waals surface area contributed by atoms with E-state index in [1.165, 1.54) is 0 Å². The monoisotopic (exact) mass is 583 g/mol. The number of methoxy groups -OCH3 is 1. The molecule has 1 heterocycles. The summed E-state index contributed by atoms with van der Waals surface area (Å²) in [6, 6.07) is 25.7. The Morgan fingerprint density at radius 1 is 0.952 bits per heavy atom. The molecule has 0 radical (unpaired) electrons. The zero-order valence-electron chi connectivity index (χ0n) is 24.4. The zero-order valence-corrected chi connectivity index (χ0v) is 25.2. The van der Waals surface area contributed by atoms with E-state index in [1.54, 1.807) is 18.9 Å². The van der Waals surface area contributed by atoms with Gasteiger partial charge in [0.1, 0.15) is 13.2 Å². The molecule has 0 bridgehead atoms. The van der Waals surface area contributed by atoms with Crippen LogP contribution in [0, 0.1) is 0 Å². The molecule has 0 amide bonds. The summed E-state index contributed by atoms with van der Waals surface area (Å²) in [7, 11) is 1.60. The SMILES string of the molecule is CCSCCOC(=O)C1=C(C)NC2=C(C(=O)C[C@H](c3ccccc3)C2)[C@@H]1c1ccc(OCc2ccccc2)c(OC)c1. The maximum absolute atomic E-state index is 13.9. The second kappa shape index (κ2) is 13.8. The molecule has 6 nitrogen and oxygen atoms in total. The molecule has 7 heteroatoms. The van der Waals surface area contributed by atoms with Crippen molar-refractivity contribution in [2.45, 2.75) is 45.1 Å². The maximum atomic E-state index is 13.9. The lowest BCUT2D eigenvalue weighted by Crippen LogP contribution is -2.36. The van der Waals surface area contributed by atoms with E-state index >= 15 is 0 Å². The third-order valence-corrected chi connectivity index (χ3v) is 8.61. The number of hydrogen-bond donors (Lipinski definition) is 1. The van der Waals surface area contributed by atoms with Crippen LogP contribution in [0.2, 0.25) is 0 Å². The summed E-state index contributed by atoms with van der Waals surface area (Å²) < 4.78 is 17.6. The molecule has 3 aromatic rings. The van der Waals surface area contributed by atoms with Gasteiger partial charge in [0.05, 0.1) is 12.7 Å². The van der Waals surface area contributed by atoms with E-state index in [0.717, 1.165) is 33.9 Å². The van der Waals surface area contributed by atoms with Gasteiger partial charge in [-0.05, 0) is 53.8 Å². The molecule has 2 aliphatic rings. The summed E-state index contributed by atoms with van der Waals surface area (Å²) in [5.74, 6) is 1.93. The minimum atomic E-state index is -0.575. The average molecular weight is 584 g/mol. The highest BCUT2D eigenvalue weighted by Gasteiger charge is 2.41. The van der Waals surface area contributed by atoms with Crippen LogP contribution < -0.4 is 14.8 Å². The number of ether oxygens (including phenoxy) is 3. The van der Waals surface area contributed by atoms with E-state index in [2.05, 4.69) is 24.4 Å². The Morgan fingerprint density at radius 2 is 1.69 bits per heavy atom. The molecule has 5 rings (SSSR count). The molecule has 0 spiro atoms. The lowest BCUT2D eigenvalue weighted by molar-refractivity contribution is -0.138. The van der Waals surface area contributed by atoms with Gasteiger partial charge in [-0.25, -0.2) is 4.79 Å².